The first-order chi connectivity index (χ1) is 7.18. The number of amides is 1. The van der Waals surface area contributed by atoms with Crippen molar-refractivity contribution in [3.05, 3.63) is 18.3 Å². The summed E-state index contributed by atoms with van der Waals surface area (Å²) in [5.74, 6) is 0.686. The van der Waals surface area contributed by atoms with Gasteiger partial charge in [0.25, 0.3) is 0 Å². The molecule has 5 heteroatoms. The summed E-state index contributed by atoms with van der Waals surface area (Å²) in [6, 6.07) is 3.34. The molecule has 0 bridgehead atoms. The number of likely N-dealkylation sites (N-methyl/N-ethyl adjacent to an activating group) is 1. The molecule has 1 unspecified atom stereocenters. The second-order valence-corrected chi connectivity index (χ2v) is 3.69. The third-order valence-corrected chi connectivity index (χ3v) is 2.58. The molecule has 5 nitrogen and oxygen atoms in total. The minimum atomic E-state index is -0.188. The minimum Gasteiger partial charge on any atom is -0.396 e. The van der Waals surface area contributed by atoms with Crippen molar-refractivity contribution < 1.29 is 4.79 Å². The third kappa shape index (κ3) is 1.86. The van der Waals surface area contributed by atoms with Crippen molar-refractivity contribution in [1.29, 1.82) is 0 Å². The molecule has 0 spiro atoms. The Hall–Kier alpha value is -1.78. The van der Waals surface area contributed by atoms with Crippen molar-refractivity contribution in [2.45, 2.75) is 12.5 Å². The Labute approximate surface area is 88.3 Å². The lowest BCUT2D eigenvalue weighted by atomic mass is 10.2. The van der Waals surface area contributed by atoms with E-state index in [9.17, 15) is 4.79 Å². The van der Waals surface area contributed by atoms with Gasteiger partial charge in [0.05, 0.1) is 5.69 Å². The molecule has 1 aliphatic rings. The van der Waals surface area contributed by atoms with Crippen molar-refractivity contribution in [3.8, 4) is 0 Å². The van der Waals surface area contributed by atoms with Crippen LogP contribution in [0, 0.1) is 0 Å². The van der Waals surface area contributed by atoms with Crippen LogP contribution in [0.2, 0.25) is 0 Å². The van der Waals surface area contributed by atoms with Gasteiger partial charge in [0.1, 0.15) is 11.9 Å². The summed E-state index contributed by atoms with van der Waals surface area (Å²) in [5, 5.41) is 3.06. The maximum absolute atomic E-state index is 11.6. The number of hydrogen-bond donors (Lipinski definition) is 2. The smallest absolute Gasteiger partial charge is 0.244 e. The van der Waals surface area contributed by atoms with Crippen LogP contribution in [0.15, 0.2) is 18.3 Å². The van der Waals surface area contributed by atoms with Gasteiger partial charge in [0.2, 0.25) is 5.91 Å². The fourth-order valence-corrected chi connectivity index (χ4v) is 1.66. The number of likely N-dealkylation sites (tertiary alicyclic amines) is 1. The topological polar surface area (TPSA) is 71.2 Å². The van der Waals surface area contributed by atoms with Gasteiger partial charge in [0, 0.05) is 19.8 Å². The van der Waals surface area contributed by atoms with Crippen molar-refractivity contribution in [2.24, 2.45) is 0 Å². The average Bonchev–Trinajstić information content (AvgIpc) is 2.53. The molecule has 2 heterocycles. The summed E-state index contributed by atoms with van der Waals surface area (Å²) in [7, 11) is 1.80. The number of pyridine rings is 1. The van der Waals surface area contributed by atoms with Crippen LogP contribution in [0.3, 0.4) is 0 Å². The fourth-order valence-electron chi connectivity index (χ4n) is 1.66. The summed E-state index contributed by atoms with van der Waals surface area (Å²) in [4.78, 5) is 17.4. The third-order valence-electron chi connectivity index (χ3n) is 2.58. The molecule has 0 saturated carbocycles. The lowest BCUT2D eigenvalue weighted by molar-refractivity contribution is -0.127. The Bertz CT molecular complexity index is 379. The number of nitrogens with zero attached hydrogens (tertiary/aromatic N) is 2. The lowest BCUT2D eigenvalue weighted by Gasteiger charge is -2.13. The first-order valence-electron chi connectivity index (χ1n) is 4.90. The van der Waals surface area contributed by atoms with E-state index in [2.05, 4.69) is 10.3 Å². The molecule has 2 rings (SSSR count). The standard InChI is InChI=1S/C10H14N4O/c1-14-6-4-8(10(14)15)13-9-7(11)3-2-5-12-9/h2-3,5,8H,4,6,11H2,1H3,(H,12,13). The number of nitrogens with two attached hydrogens (primary N) is 1. The molecular weight excluding hydrogens is 192 g/mol. The molecule has 1 saturated heterocycles. The number of nitrogens with one attached hydrogen (secondary N) is 1. The van der Waals surface area contributed by atoms with E-state index in [1.165, 1.54) is 0 Å². The van der Waals surface area contributed by atoms with Gasteiger partial charge in [-0.05, 0) is 18.6 Å². The SMILES string of the molecule is CN1CCC(Nc2ncccc2N)C1=O. The van der Waals surface area contributed by atoms with Gasteiger partial charge < -0.3 is 16.0 Å². The van der Waals surface area contributed by atoms with Crippen molar-refractivity contribution >= 4 is 17.4 Å². The van der Waals surface area contributed by atoms with Crippen LogP contribution in [0.5, 0.6) is 0 Å². The number of nitrogen functional groups attached to an aromatic ring is 1. The summed E-state index contributed by atoms with van der Waals surface area (Å²) < 4.78 is 0. The lowest BCUT2D eigenvalue weighted by Crippen LogP contribution is -2.31. The van der Waals surface area contributed by atoms with E-state index >= 15 is 0 Å². The van der Waals surface area contributed by atoms with Crippen LogP contribution in [-0.2, 0) is 4.79 Å². The molecule has 0 aromatic carbocycles. The monoisotopic (exact) mass is 206 g/mol. The molecule has 80 valence electrons. The van der Waals surface area contributed by atoms with Crippen LogP contribution in [-0.4, -0.2) is 35.4 Å². The first kappa shape index (κ1) is 9.76. The zero-order valence-electron chi connectivity index (χ0n) is 8.60. The summed E-state index contributed by atoms with van der Waals surface area (Å²) in [6.45, 7) is 0.781. The maximum atomic E-state index is 11.6. The van der Waals surface area contributed by atoms with Gasteiger partial charge in [-0.1, -0.05) is 0 Å². The molecule has 1 aromatic heterocycles. The van der Waals surface area contributed by atoms with E-state index in [1.54, 1.807) is 30.3 Å². The highest BCUT2D eigenvalue weighted by atomic mass is 16.2. The largest absolute Gasteiger partial charge is 0.396 e. The number of hydrogen-bond acceptors (Lipinski definition) is 4. The van der Waals surface area contributed by atoms with Crippen molar-refractivity contribution in [3.63, 3.8) is 0 Å². The summed E-state index contributed by atoms with van der Waals surface area (Å²) >= 11 is 0. The Balaban J connectivity index is 2.10. The predicted molar refractivity (Wildman–Crippen MR) is 58.3 cm³/mol. The van der Waals surface area contributed by atoms with E-state index in [4.69, 9.17) is 5.73 Å². The zero-order valence-corrected chi connectivity index (χ0v) is 8.60. The zero-order chi connectivity index (χ0) is 10.8. The van der Waals surface area contributed by atoms with Crippen molar-refractivity contribution in [1.82, 2.24) is 9.88 Å². The second-order valence-electron chi connectivity index (χ2n) is 3.69. The molecule has 1 aliphatic heterocycles. The Morgan fingerprint density at radius 3 is 3.07 bits per heavy atom. The van der Waals surface area contributed by atoms with Gasteiger partial charge in [-0.2, -0.15) is 0 Å². The van der Waals surface area contributed by atoms with E-state index < -0.39 is 0 Å². The van der Waals surface area contributed by atoms with Gasteiger partial charge in [0.15, 0.2) is 0 Å². The van der Waals surface area contributed by atoms with E-state index in [0.717, 1.165) is 13.0 Å². The number of anilines is 2. The number of carbonyl (C=O) groups is 1. The van der Waals surface area contributed by atoms with E-state index in [0.29, 0.717) is 11.5 Å². The van der Waals surface area contributed by atoms with Gasteiger partial charge in [-0.3, -0.25) is 4.79 Å². The Morgan fingerprint density at radius 2 is 2.47 bits per heavy atom. The maximum Gasteiger partial charge on any atom is 0.244 e. The summed E-state index contributed by atoms with van der Waals surface area (Å²) in [6.07, 6.45) is 2.45. The highest BCUT2D eigenvalue weighted by Gasteiger charge is 2.29. The molecule has 0 aliphatic carbocycles. The average molecular weight is 206 g/mol. The number of rotatable bonds is 2. The molecule has 1 amide bonds. The Kier molecular flexibility index (Phi) is 2.45. The van der Waals surface area contributed by atoms with Crippen LogP contribution < -0.4 is 11.1 Å². The van der Waals surface area contributed by atoms with E-state index in [1.807, 2.05) is 0 Å². The number of aromatic nitrogens is 1. The first-order valence-corrected chi connectivity index (χ1v) is 4.90. The van der Waals surface area contributed by atoms with Crippen molar-refractivity contribution in [2.75, 3.05) is 24.6 Å². The molecule has 15 heavy (non-hydrogen) atoms. The van der Waals surface area contributed by atoms with Crippen LogP contribution in [0.4, 0.5) is 11.5 Å². The second kappa shape index (κ2) is 3.76. The highest BCUT2D eigenvalue weighted by molar-refractivity contribution is 5.87. The van der Waals surface area contributed by atoms with Gasteiger partial charge >= 0.3 is 0 Å². The normalized spacial score (nSPS) is 20.7. The van der Waals surface area contributed by atoms with E-state index in [-0.39, 0.29) is 11.9 Å². The quantitative estimate of drug-likeness (QED) is 0.730. The molecule has 1 atom stereocenters. The van der Waals surface area contributed by atoms with Gasteiger partial charge in [-0.15, -0.1) is 0 Å². The summed E-state index contributed by atoms with van der Waals surface area (Å²) in [5.41, 5.74) is 6.30. The molecule has 1 fully saturated rings. The Morgan fingerprint density at radius 1 is 1.67 bits per heavy atom. The molecule has 1 aromatic rings. The molecule has 3 N–H and O–H groups in total. The minimum absolute atomic E-state index is 0.0973. The highest BCUT2D eigenvalue weighted by Crippen LogP contribution is 2.18. The molecule has 0 radical (unpaired) electrons. The number of carbonyl (C=O) groups excluding carboxylic acids is 1. The van der Waals surface area contributed by atoms with Crippen LogP contribution in [0.1, 0.15) is 6.42 Å². The fraction of sp³-hybridized carbons (Fsp3) is 0.400. The van der Waals surface area contributed by atoms with Gasteiger partial charge in [-0.25, -0.2) is 4.98 Å². The predicted octanol–water partition coefficient (Wildman–Crippen LogP) is 0.306. The van der Waals surface area contributed by atoms with Crippen LogP contribution >= 0.6 is 0 Å². The molecular formula is C10H14N4O. The van der Waals surface area contributed by atoms with Crippen LogP contribution in [0.25, 0.3) is 0 Å².